The molecule has 1 aromatic heterocycles. The van der Waals surface area contributed by atoms with E-state index in [1.165, 1.54) is 36.3 Å². The maximum Gasteiger partial charge on any atom is 0.256 e. The Kier molecular flexibility index (Phi) is 4.60. The molecule has 0 bridgehead atoms. The third kappa shape index (κ3) is 3.66. The molecule has 1 aliphatic rings. The molecule has 1 N–H and O–H groups in total. The molecule has 2 heterocycles. The van der Waals surface area contributed by atoms with E-state index in [9.17, 15) is 4.79 Å². The van der Waals surface area contributed by atoms with Gasteiger partial charge in [-0.2, -0.15) is 0 Å². The Morgan fingerprint density at radius 2 is 1.86 bits per heavy atom. The number of amides is 1. The molecule has 5 heteroatoms. The van der Waals surface area contributed by atoms with Crippen LogP contribution in [0, 0.1) is 0 Å². The summed E-state index contributed by atoms with van der Waals surface area (Å²) in [7, 11) is 0. The number of carbonyl (C=O) groups is 1. The van der Waals surface area contributed by atoms with Gasteiger partial charge in [-0.1, -0.05) is 0 Å². The molecule has 1 amide bonds. The van der Waals surface area contributed by atoms with Crippen molar-refractivity contribution in [1.82, 2.24) is 0 Å². The number of piperidine rings is 1. The quantitative estimate of drug-likeness (QED) is 0.851. The lowest BCUT2D eigenvalue weighted by Gasteiger charge is -2.28. The molecule has 0 atom stereocenters. The maximum absolute atomic E-state index is 12.1. The molecule has 1 fully saturated rings. The minimum Gasteiger partial charge on any atom is -0.372 e. The van der Waals surface area contributed by atoms with Crippen molar-refractivity contribution < 1.29 is 4.79 Å². The monoisotopic (exact) mass is 364 g/mol. The molecule has 0 aliphatic carbocycles. The average molecular weight is 365 g/mol. The molecular formula is C16H17BrN2OS. The van der Waals surface area contributed by atoms with E-state index in [1.54, 1.807) is 0 Å². The van der Waals surface area contributed by atoms with Crippen molar-refractivity contribution in [2.24, 2.45) is 0 Å². The van der Waals surface area contributed by atoms with Crippen LogP contribution < -0.4 is 10.2 Å². The SMILES string of the molecule is O=C(Nc1ccc(N2CCCCC2)cc1)c1csc(Br)c1. The van der Waals surface area contributed by atoms with E-state index in [-0.39, 0.29) is 5.91 Å². The maximum atomic E-state index is 12.1. The molecule has 0 spiro atoms. The fourth-order valence-corrected chi connectivity index (χ4v) is 3.68. The van der Waals surface area contributed by atoms with Crippen LogP contribution in [0.5, 0.6) is 0 Å². The Bertz CT molecular complexity index is 617. The van der Waals surface area contributed by atoms with E-state index < -0.39 is 0 Å². The van der Waals surface area contributed by atoms with Gasteiger partial charge >= 0.3 is 0 Å². The average Bonchev–Trinajstić information content (AvgIpc) is 2.96. The van der Waals surface area contributed by atoms with Gasteiger partial charge in [0.1, 0.15) is 0 Å². The fraction of sp³-hybridized carbons (Fsp3) is 0.312. The lowest BCUT2D eigenvalue weighted by atomic mass is 10.1. The van der Waals surface area contributed by atoms with Gasteiger partial charge in [-0.25, -0.2) is 0 Å². The van der Waals surface area contributed by atoms with Gasteiger partial charge in [0.05, 0.1) is 9.35 Å². The van der Waals surface area contributed by atoms with Gasteiger partial charge in [0.25, 0.3) is 5.91 Å². The van der Waals surface area contributed by atoms with Gasteiger partial charge in [-0.3, -0.25) is 4.79 Å². The number of halogens is 1. The van der Waals surface area contributed by atoms with Crippen molar-refractivity contribution in [3.63, 3.8) is 0 Å². The van der Waals surface area contributed by atoms with Crippen LogP contribution in [0.15, 0.2) is 39.5 Å². The fourth-order valence-electron chi connectivity index (χ4n) is 2.54. The number of rotatable bonds is 3. The zero-order chi connectivity index (χ0) is 14.7. The lowest BCUT2D eigenvalue weighted by molar-refractivity contribution is 0.102. The summed E-state index contributed by atoms with van der Waals surface area (Å²) in [5.74, 6) is -0.0670. The summed E-state index contributed by atoms with van der Waals surface area (Å²) in [5, 5.41) is 4.78. The number of hydrogen-bond acceptors (Lipinski definition) is 3. The van der Waals surface area contributed by atoms with E-state index in [1.807, 2.05) is 23.6 Å². The number of nitrogens with one attached hydrogen (secondary N) is 1. The third-order valence-electron chi connectivity index (χ3n) is 3.68. The first-order chi connectivity index (χ1) is 10.2. The second-order valence-electron chi connectivity index (χ2n) is 5.19. The number of benzene rings is 1. The van der Waals surface area contributed by atoms with Gasteiger partial charge in [-0.05, 0) is 65.5 Å². The van der Waals surface area contributed by atoms with Gasteiger partial charge in [0, 0.05) is 29.8 Å². The van der Waals surface area contributed by atoms with Crippen LogP contribution in [0.3, 0.4) is 0 Å². The minimum absolute atomic E-state index is 0.0670. The van der Waals surface area contributed by atoms with Crippen LogP contribution in [0.25, 0.3) is 0 Å². The first-order valence-corrected chi connectivity index (χ1v) is 8.80. The first-order valence-electron chi connectivity index (χ1n) is 7.13. The van der Waals surface area contributed by atoms with Crippen LogP contribution in [0.1, 0.15) is 29.6 Å². The Labute approximate surface area is 137 Å². The van der Waals surface area contributed by atoms with E-state index in [0.717, 1.165) is 22.6 Å². The molecule has 1 saturated heterocycles. The molecule has 0 saturated carbocycles. The topological polar surface area (TPSA) is 32.3 Å². The number of thiophene rings is 1. The van der Waals surface area contributed by atoms with Crippen molar-refractivity contribution in [2.75, 3.05) is 23.3 Å². The van der Waals surface area contributed by atoms with Crippen LogP contribution in [-0.2, 0) is 0 Å². The van der Waals surface area contributed by atoms with E-state index in [4.69, 9.17) is 0 Å². The largest absolute Gasteiger partial charge is 0.372 e. The Morgan fingerprint density at radius 3 is 2.48 bits per heavy atom. The molecule has 3 rings (SSSR count). The molecule has 110 valence electrons. The summed E-state index contributed by atoms with van der Waals surface area (Å²) in [6.07, 6.45) is 3.87. The van der Waals surface area contributed by atoms with E-state index in [2.05, 4.69) is 38.3 Å². The molecule has 0 radical (unpaired) electrons. The summed E-state index contributed by atoms with van der Waals surface area (Å²) in [5.41, 5.74) is 2.76. The van der Waals surface area contributed by atoms with Gasteiger partial charge in [0.15, 0.2) is 0 Å². The van der Waals surface area contributed by atoms with Crippen LogP contribution in [-0.4, -0.2) is 19.0 Å². The van der Waals surface area contributed by atoms with Gasteiger partial charge < -0.3 is 10.2 Å². The second kappa shape index (κ2) is 6.62. The standard InChI is InChI=1S/C16H17BrN2OS/c17-15-10-12(11-21-15)16(20)18-13-4-6-14(7-5-13)19-8-2-1-3-9-19/h4-7,10-11H,1-3,8-9H2,(H,18,20). The van der Waals surface area contributed by atoms with Crippen molar-refractivity contribution in [2.45, 2.75) is 19.3 Å². The summed E-state index contributed by atoms with van der Waals surface area (Å²) in [6.45, 7) is 2.27. The predicted molar refractivity (Wildman–Crippen MR) is 92.5 cm³/mol. The highest BCUT2D eigenvalue weighted by molar-refractivity contribution is 9.11. The first kappa shape index (κ1) is 14.6. The molecular weight excluding hydrogens is 348 g/mol. The second-order valence-corrected chi connectivity index (χ2v) is 7.48. The Morgan fingerprint density at radius 1 is 1.14 bits per heavy atom. The number of carbonyl (C=O) groups excluding carboxylic acids is 1. The van der Waals surface area contributed by atoms with Crippen LogP contribution in [0.4, 0.5) is 11.4 Å². The molecule has 21 heavy (non-hydrogen) atoms. The summed E-state index contributed by atoms with van der Waals surface area (Å²) in [4.78, 5) is 14.5. The molecule has 1 aliphatic heterocycles. The van der Waals surface area contributed by atoms with E-state index >= 15 is 0 Å². The lowest BCUT2D eigenvalue weighted by Crippen LogP contribution is -2.29. The van der Waals surface area contributed by atoms with E-state index in [0.29, 0.717) is 5.56 Å². The molecule has 3 nitrogen and oxygen atoms in total. The smallest absolute Gasteiger partial charge is 0.256 e. The van der Waals surface area contributed by atoms with Crippen LogP contribution >= 0.6 is 27.3 Å². The number of anilines is 2. The van der Waals surface area contributed by atoms with Gasteiger partial charge in [-0.15, -0.1) is 11.3 Å². The molecule has 1 aromatic carbocycles. The van der Waals surface area contributed by atoms with Gasteiger partial charge in [0.2, 0.25) is 0 Å². The predicted octanol–water partition coefficient (Wildman–Crippen LogP) is 4.75. The number of nitrogens with zero attached hydrogens (tertiary/aromatic N) is 1. The summed E-state index contributed by atoms with van der Waals surface area (Å²) >= 11 is 4.89. The summed E-state index contributed by atoms with van der Waals surface area (Å²) < 4.78 is 0.966. The Balaban J connectivity index is 1.65. The molecule has 2 aromatic rings. The van der Waals surface area contributed by atoms with Crippen molar-refractivity contribution in [3.8, 4) is 0 Å². The highest BCUT2D eigenvalue weighted by atomic mass is 79.9. The normalized spacial score (nSPS) is 15.0. The van der Waals surface area contributed by atoms with Crippen LogP contribution in [0.2, 0.25) is 0 Å². The molecule has 0 unspecified atom stereocenters. The van der Waals surface area contributed by atoms with Crippen molar-refractivity contribution >= 4 is 44.5 Å². The van der Waals surface area contributed by atoms with Crippen molar-refractivity contribution in [3.05, 3.63) is 45.1 Å². The third-order valence-corrected chi connectivity index (χ3v) is 5.18. The highest BCUT2D eigenvalue weighted by Gasteiger charge is 2.11. The zero-order valence-electron chi connectivity index (χ0n) is 11.6. The zero-order valence-corrected chi connectivity index (χ0v) is 14.0. The number of hydrogen-bond donors (Lipinski definition) is 1. The summed E-state index contributed by atoms with van der Waals surface area (Å²) in [6, 6.07) is 9.96. The Hall–Kier alpha value is -1.33. The highest BCUT2D eigenvalue weighted by Crippen LogP contribution is 2.24. The minimum atomic E-state index is -0.0670. The van der Waals surface area contributed by atoms with Crippen molar-refractivity contribution in [1.29, 1.82) is 0 Å².